The van der Waals surface area contributed by atoms with Crippen molar-refractivity contribution in [2.75, 3.05) is 6.54 Å². The number of aromatic nitrogens is 2. The Kier molecular flexibility index (Phi) is 4.61. The molecule has 5 heteroatoms. The maximum Gasteiger partial charge on any atom is 0.134 e. The van der Waals surface area contributed by atoms with E-state index in [4.69, 9.17) is 11.6 Å². The summed E-state index contributed by atoms with van der Waals surface area (Å²) in [4.78, 5) is 0. The maximum atomic E-state index is 9.30. The number of benzene rings is 1. The van der Waals surface area contributed by atoms with Gasteiger partial charge >= 0.3 is 0 Å². The van der Waals surface area contributed by atoms with Crippen LogP contribution in [0.3, 0.4) is 0 Å². The molecule has 0 saturated carbocycles. The number of hydrogen-bond donors (Lipinski definition) is 2. The largest absolute Gasteiger partial charge is 0.506 e. The Morgan fingerprint density at radius 3 is 3.00 bits per heavy atom. The number of halogens is 1. The van der Waals surface area contributed by atoms with E-state index >= 15 is 0 Å². The van der Waals surface area contributed by atoms with Gasteiger partial charge in [-0.3, -0.25) is 4.68 Å². The number of nitrogens with one attached hydrogen (secondary N) is 1. The zero-order chi connectivity index (χ0) is 12.8. The number of hydrogen-bond acceptors (Lipinski definition) is 3. The second kappa shape index (κ2) is 6.42. The van der Waals surface area contributed by atoms with Gasteiger partial charge in [0, 0.05) is 25.5 Å². The van der Waals surface area contributed by atoms with Crippen LogP contribution < -0.4 is 5.32 Å². The lowest BCUT2D eigenvalue weighted by atomic mass is 10.2. The van der Waals surface area contributed by atoms with E-state index in [0.717, 1.165) is 31.6 Å². The number of phenols is 1. The minimum atomic E-state index is 0.124. The van der Waals surface area contributed by atoms with Crippen LogP contribution in [0.1, 0.15) is 12.0 Å². The highest BCUT2D eigenvalue weighted by atomic mass is 35.5. The van der Waals surface area contributed by atoms with Crippen LogP contribution >= 0.6 is 11.6 Å². The van der Waals surface area contributed by atoms with E-state index < -0.39 is 0 Å². The molecule has 0 unspecified atom stereocenters. The van der Waals surface area contributed by atoms with E-state index in [2.05, 4.69) is 10.4 Å². The molecular formula is C13H16ClN3O. The Balaban J connectivity index is 1.67. The van der Waals surface area contributed by atoms with E-state index in [-0.39, 0.29) is 5.75 Å². The summed E-state index contributed by atoms with van der Waals surface area (Å²) in [6.07, 6.45) is 4.76. The van der Waals surface area contributed by atoms with Crippen LogP contribution in [0.25, 0.3) is 0 Å². The number of aryl methyl sites for hydroxylation is 1. The molecule has 0 saturated heterocycles. The third-order valence-electron chi connectivity index (χ3n) is 2.64. The fourth-order valence-corrected chi connectivity index (χ4v) is 1.90. The van der Waals surface area contributed by atoms with Crippen LogP contribution in [-0.4, -0.2) is 21.4 Å². The molecule has 1 aromatic carbocycles. The van der Waals surface area contributed by atoms with Crippen molar-refractivity contribution in [2.45, 2.75) is 19.5 Å². The van der Waals surface area contributed by atoms with Crippen LogP contribution in [0.5, 0.6) is 5.75 Å². The van der Waals surface area contributed by atoms with Gasteiger partial charge in [0.15, 0.2) is 0 Å². The van der Waals surface area contributed by atoms with E-state index in [9.17, 15) is 5.11 Å². The lowest BCUT2D eigenvalue weighted by Gasteiger charge is -2.06. The molecule has 0 spiro atoms. The Morgan fingerprint density at radius 1 is 1.39 bits per heavy atom. The zero-order valence-corrected chi connectivity index (χ0v) is 10.8. The highest BCUT2D eigenvalue weighted by molar-refractivity contribution is 6.32. The molecule has 0 amide bonds. The zero-order valence-electron chi connectivity index (χ0n) is 10.0. The van der Waals surface area contributed by atoms with Crippen molar-refractivity contribution in [3.05, 3.63) is 47.2 Å². The summed E-state index contributed by atoms with van der Waals surface area (Å²) in [5, 5.41) is 17.2. The summed E-state index contributed by atoms with van der Waals surface area (Å²) in [6, 6.07) is 7.17. The fraction of sp³-hybridized carbons (Fsp3) is 0.308. The van der Waals surface area contributed by atoms with Gasteiger partial charge in [-0.25, -0.2) is 0 Å². The summed E-state index contributed by atoms with van der Waals surface area (Å²) >= 11 is 5.83. The highest BCUT2D eigenvalue weighted by Gasteiger charge is 1.99. The molecule has 2 N–H and O–H groups in total. The molecule has 18 heavy (non-hydrogen) atoms. The Morgan fingerprint density at radius 2 is 2.28 bits per heavy atom. The normalized spacial score (nSPS) is 10.7. The monoisotopic (exact) mass is 265 g/mol. The molecule has 0 radical (unpaired) electrons. The fourth-order valence-electron chi connectivity index (χ4n) is 1.69. The van der Waals surface area contributed by atoms with Gasteiger partial charge < -0.3 is 10.4 Å². The molecule has 4 nitrogen and oxygen atoms in total. The van der Waals surface area contributed by atoms with Crippen molar-refractivity contribution in [3.8, 4) is 5.75 Å². The number of phenolic OH excluding ortho intramolecular Hbond substituents is 1. The Labute approximate surface area is 111 Å². The molecule has 0 bridgehead atoms. The Bertz CT molecular complexity index is 485. The predicted octanol–water partition coefficient (Wildman–Crippen LogP) is 2.42. The average Bonchev–Trinajstić information content (AvgIpc) is 2.86. The van der Waals surface area contributed by atoms with Crippen molar-refractivity contribution in [1.29, 1.82) is 0 Å². The Hall–Kier alpha value is -1.52. The summed E-state index contributed by atoms with van der Waals surface area (Å²) < 4.78 is 1.92. The lowest BCUT2D eigenvalue weighted by Crippen LogP contribution is -2.16. The summed E-state index contributed by atoms with van der Waals surface area (Å²) in [7, 11) is 0. The molecular weight excluding hydrogens is 250 g/mol. The van der Waals surface area contributed by atoms with Gasteiger partial charge in [0.2, 0.25) is 0 Å². The molecule has 0 atom stereocenters. The standard InChI is InChI=1S/C13H16ClN3O/c14-12-9-11(3-4-13(12)18)10-15-5-1-7-17-8-2-6-16-17/h2-4,6,8-9,15,18H,1,5,7,10H2. The quantitative estimate of drug-likeness (QED) is 0.789. The third-order valence-corrected chi connectivity index (χ3v) is 2.94. The van der Waals surface area contributed by atoms with Crippen molar-refractivity contribution in [1.82, 2.24) is 15.1 Å². The van der Waals surface area contributed by atoms with Crippen molar-refractivity contribution in [3.63, 3.8) is 0 Å². The molecule has 1 aromatic heterocycles. The molecule has 2 aromatic rings. The number of rotatable bonds is 6. The molecule has 0 aliphatic rings. The van der Waals surface area contributed by atoms with Crippen LogP contribution in [0.15, 0.2) is 36.7 Å². The first-order valence-corrected chi connectivity index (χ1v) is 6.29. The third kappa shape index (κ3) is 3.75. The number of nitrogens with zero attached hydrogens (tertiary/aromatic N) is 2. The van der Waals surface area contributed by atoms with Crippen molar-refractivity contribution in [2.24, 2.45) is 0 Å². The second-order valence-electron chi connectivity index (χ2n) is 4.09. The van der Waals surface area contributed by atoms with Crippen LogP contribution in [0.4, 0.5) is 0 Å². The SMILES string of the molecule is Oc1ccc(CNCCCn2cccn2)cc1Cl. The topological polar surface area (TPSA) is 50.1 Å². The van der Waals surface area contributed by atoms with Crippen LogP contribution in [0, 0.1) is 0 Å². The van der Waals surface area contributed by atoms with Gasteiger partial charge in [-0.1, -0.05) is 17.7 Å². The minimum Gasteiger partial charge on any atom is -0.506 e. The first-order chi connectivity index (χ1) is 8.75. The summed E-state index contributed by atoms with van der Waals surface area (Å²) in [5.74, 6) is 0.124. The first kappa shape index (κ1) is 12.9. The highest BCUT2D eigenvalue weighted by Crippen LogP contribution is 2.23. The van der Waals surface area contributed by atoms with E-state index in [1.54, 1.807) is 18.3 Å². The van der Waals surface area contributed by atoms with Crippen LogP contribution in [0.2, 0.25) is 5.02 Å². The second-order valence-corrected chi connectivity index (χ2v) is 4.49. The van der Waals surface area contributed by atoms with E-state index in [0.29, 0.717) is 5.02 Å². The van der Waals surface area contributed by atoms with E-state index in [1.165, 1.54) is 0 Å². The molecule has 2 rings (SSSR count). The molecule has 1 heterocycles. The molecule has 0 fully saturated rings. The van der Waals surface area contributed by atoms with Gasteiger partial charge in [0.05, 0.1) is 5.02 Å². The van der Waals surface area contributed by atoms with Crippen LogP contribution in [-0.2, 0) is 13.1 Å². The van der Waals surface area contributed by atoms with E-state index in [1.807, 2.05) is 23.0 Å². The van der Waals surface area contributed by atoms with Gasteiger partial charge in [-0.2, -0.15) is 5.10 Å². The van der Waals surface area contributed by atoms with Crippen molar-refractivity contribution >= 4 is 11.6 Å². The van der Waals surface area contributed by atoms with Crippen molar-refractivity contribution < 1.29 is 5.11 Å². The minimum absolute atomic E-state index is 0.124. The molecule has 0 aliphatic heterocycles. The number of aromatic hydroxyl groups is 1. The summed E-state index contributed by atoms with van der Waals surface area (Å²) in [6.45, 7) is 2.58. The maximum absolute atomic E-state index is 9.30. The lowest BCUT2D eigenvalue weighted by molar-refractivity contribution is 0.475. The predicted molar refractivity (Wildman–Crippen MR) is 71.7 cm³/mol. The van der Waals surface area contributed by atoms with Gasteiger partial charge in [0.1, 0.15) is 5.75 Å². The molecule has 96 valence electrons. The van der Waals surface area contributed by atoms with Gasteiger partial charge in [-0.15, -0.1) is 0 Å². The summed E-state index contributed by atoms with van der Waals surface area (Å²) in [5.41, 5.74) is 1.07. The van der Waals surface area contributed by atoms with Gasteiger partial charge in [0.25, 0.3) is 0 Å². The molecule has 0 aliphatic carbocycles. The smallest absolute Gasteiger partial charge is 0.134 e. The average molecular weight is 266 g/mol. The first-order valence-electron chi connectivity index (χ1n) is 5.91. The van der Waals surface area contributed by atoms with Gasteiger partial charge in [-0.05, 0) is 36.7 Å².